The molecular weight excluding hydrogens is 866 g/mol. The number of halogens is 1. The zero-order valence-electron chi connectivity index (χ0n) is 32.4. The summed E-state index contributed by atoms with van der Waals surface area (Å²) >= 11 is 11.7. The van der Waals surface area contributed by atoms with E-state index in [4.69, 9.17) is 11.6 Å². The maximum Gasteiger partial charge on any atom is 0.216 e. The largest absolute Gasteiger partial charge is 0.228 e. The van der Waals surface area contributed by atoms with Crippen LogP contribution in [-0.4, -0.2) is 57.0 Å². The molecule has 0 aliphatic carbocycles. The molecule has 4 aromatic rings. The van der Waals surface area contributed by atoms with Gasteiger partial charge in [0.15, 0.2) is 29.5 Å². The van der Waals surface area contributed by atoms with Crippen LogP contribution in [0.25, 0.3) is 0 Å². The summed E-state index contributed by atoms with van der Waals surface area (Å²) < 4.78 is 95.4. The first-order valence-electron chi connectivity index (χ1n) is 17.2. The van der Waals surface area contributed by atoms with Gasteiger partial charge >= 0.3 is 0 Å². The Kier molecular flexibility index (Phi) is 22.5. The zero-order valence-corrected chi connectivity index (χ0v) is 39.7. The van der Waals surface area contributed by atoms with Gasteiger partial charge in [-0.05, 0) is 106 Å². The Bertz CT molecular complexity index is 1910. The van der Waals surface area contributed by atoms with E-state index in [1.165, 1.54) is 38.9 Å². The van der Waals surface area contributed by atoms with Gasteiger partial charge < -0.3 is 0 Å². The zero-order chi connectivity index (χ0) is 41.3. The first kappa shape index (κ1) is 50.9. The third-order valence-electron chi connectivity index (χ3n) is 6.24. The molecule has 0 aliphatic rings. The lowest BCUT2D eigenvalue weighted by molar-refractivity contribution is 0.568. The minimum atomic E-state index is -3.14. The van der Waals surface area contributed by atoms with Crippen LogP contribution in [0, 0.1) is 24.7 Å². The molecule has 0 aromatic carbocycles. The fraction of sp³-hybridized carbons (Fsp3) is 0.556. The molecule has 18 heteroatoms. The highest BCUT2D eigenvalue weighted by atomic mass is 35.5. The van der Waals surface area contributed by atoms with Crippen molar-refractivity contribution in [3.8, 4) is 0 Å². The highest BCUT2D eigenvalue weighted by Gasteiger charge is 2.17. The standard InChI is InChI=1S/C10H16O2S2.C9H13ClO2S2.C9H14O2S2.C8H13NO2S2/c1-8(2)6-14(11,12)7-10-4-9(3)13-5-10;1-7(2)5-14(11,12)6-8-3-9(10)13-4-8;1-8(2)6-13(10,11)7-9-3-4-12-5-9;1-7(2)9-13(10,11)6-8-4-3-5-12-8/h4-5,8H,6-7H2,1-3H3;3-4,7H,5-6H2,1-2H3;3-5,8H,6-7H2,1-2H3;3-5,7,9H,6H2,1-2H3. The van der Waals surface area contributed by atoms with E-state index < -0.39 is 39.5 Å². The Labute approximate surface area is 346 Å². The van der Waals surface area contributed by atoms with E-state index in [-0.39, 0.29) is 64.1 Å². The van der Waals surface area contributed by atoms with Gasteiger partial charge in [-0.1, -0.05) is 59.2 Å². The van der Waals surface area contributed by atoms with Crippen molar-refractivity contribution >= 4 is 96.5 Å². The van der Waals surface area contributed by atoms with E-state index in [1.54, 1.807) is 22.8 Å². The molecule has 54 heavy (non-hydrogen) atoms. The second-order valence-electron chi connectivity index (χ2n) is 14.4. The minimum Gasteiger partial charge on any atom is -0.228 e. The quantitative estimate of drug-likeness (QED) is 0.117. The van der Waals surface area contributed by atoms with Crippen molar-refractivity contribution in [1.29, 1.82) is 0 Å². The van der Waals surface area contributed by atoms with Gasteiger partial charge in [0.05, 0.1) is 44.6 Å². The number of thiophene rings is 4. The summed E-state index contributed by atoms with van der Waals surface area (Å²) in [4.78, 5) is 2.04. The van der Waals surface area contributed by atoms with Crippen molar-refractivity contribution in [2.45, 2.75) is 91.4 Å². The topological polar surface area (TPSA) is 149 Å². The van der Waals surface area contributed by atoms with Crippen LogP contribution >= 0.6 is 56.9 Å². The van der Waals surface area contributed by atoms with Gasteiger partial charge in [0.2, 0.25) is 10.0 Å². The summed E-state index contributed by atoms with van der Waals surface area (Å²) in [6, 6.07) is 9.16. The van der Waals surface area contributed by atoms with E-state index in [2.05, 4.69) is 4.72 Å². The Balaban J connectivity index is 0.000000360. The van der Waals surface area contributed by atoms with Gasteiger partial charge in [-0.15, -0.1) is 34.0 Å². The first-order chi connectivity index (χ1) is 24.8. The van der Waals surface area contributed by atoms with Crippen molar-refractivity contribution < 1.29 is 33.7 Å². The lowest BCUT2D eigenvalue weighted by atomic mass is 10.3. The molecule has 0 unspecified atom stereocenters. The van der Waals surface area contributed by atoms with Crippen LogP contribution in [0.1, 0.15) is 81.8 Å². The molecule has 0 atom stereocenters. The average molecular weight is 923 g/mol. The van der Waals surface area contributed by atoms with Crippen LogP contribution in [0.15, 0.2) is 57.2 Å². The van der Waals surface area contributed by atoms with Gasteiger partial charge in [0.25, 0.3) is 0 Å². The molecule has 0 fully saturated rings. The van der Waals surface area contributed by atoms with E-state index in [0.29, 0.717) is 4.34 Å². The van der Waals surface area contributed by atoms with Crippen LogP contribution in [-0.2, 0) is 62.5 Å². The number of sulfonamides is 1. The number of sulfone groups is 3. The molecule has 0 amide bonds. The highest BCUT2D eigenvalue weighted by Crippen LogP contribution is 2.22. The van der Waals surface area contributed by atoms with Crippen molar-refractivity contribution in [2.75, 3.05) is 17.3 Å². The summed E-state index contributed by atoms with van der Waals surface area (Å²) in [5.74, 6) is 1.96. The molecule has 0 saturated heterocycles. The number of rotatable bonds is 16. The van der Waals surface area contributed by atoms with Gasteiger partial charge in [0.1, 0.15) is 0 Å². The maximum absolute atomic E-state index is 11.6. The number of aryl methyl sites for hydroxylation is 1. The fourth-order valence-corrected chi connectivity index (χ4v) is 15.4. The summed E-state index contributed by atoms with van der Waals surface area (Å²) in [5, 5.41) is 9.38. The fourth-order valence-electron chi connectivity index (χ4n) is 4.81. The van der Waals surface area contributed by atoms with Crippen molar-refractivity contribution in [3.05, 3.63) is 88.0 Å². The van der Waals surface area contributed by atoms with Gasteiger partial charge in [-0.2, -0.15) is 11.3 Å². The molecule has 308 valence electrons. The van der Waals surface area contributed by atoms with Crippen LogP contribution in [0.2, 0.25) is 4.34 Å². The average Bonchev–Trinajstić information content (AvgIpc) is 3.78. The van der Waals surface area contributed by atoms with Crippen LogP contribution in [0.4, 0.5) is 0 Å². The summed E-state index contributed by atoms with van der Waals surface area (Å²) in [6.07, 6.45) is 0. The summed E-state index contributed by atoms with van der Waals surface area (Å²) in [7, 11) is -11.9. The summed E-state index contributed by atoms with van der Waals surface area (Å²) in [6.45, 7) is 17.1. The Hall–Kier alpha value is -1.15. The second kappa shape index (κ2) is 23.9. The van der Waals surface area contributed by atoms with Gasteiger partial charge in [0, 0.05) is 15.8 Å². The molecule has 0 spiro atoms. The van der Waals surface area contributed by atoms with E-state index in [1.807, 2.05) is 108 Å². The van der Waals surface area contributed by atoms with E-state index in [0.717, 1.165) is 21.6 Å². The van der Waals surface area contributed by atoms with E-state index in [9.17, 15) is 33.7 Å². The molecule has 9 nitrogen and oxygen atoms in total. The molecule has 0 aliphatic heterocycles. The molecule has 0 saturated carbocycles. The predicted octanol–water partition coefficient (Wildman–Crippen LogP) is 9.49. The van der Waals surface area contributed by atoms with E-state index >= 15 is 0 Å². The minimum absolute atomic E-state index is 0.0371. The Morgan fingerprint density at radius 2 is 1.07 bits per heavy atom. The molecule has 4 aromatic heterocycles. The van der Waals surface area contributed by atoms with Gasteiger partial charge in [-0.3, -0.25) is 0 Å². The molecule has 0 radical (unpaired) electrons. The maximum atomic E-state index is 11.6. The van der Waals surface area contributed by atoms with Crippen LogP contribution < -0.4 is 4.72 Å². The first-order valence-corrected chi connectivity index (χ1v) is 28.3. The second-order valence-corrected chi connectivity index (χ2v) is 27.0. The molecule has 4 heterocycles. The Morgan fingerprint density at radius 3 is 1.43 bits per heavy atom. The van der Waals surface area contributed by atoms with Crippen molar-refractivity contribution in [2.24, 2.45) is 17.8 Å². The lowest BCUT2D eigenvalue weighted by Crippen LogP contribution is -2.31. The monoisotopic (exact) mass is 921 g/mol. The molecular formula is C36H56ClNO8S8. The van der Waals surface area contributed by atoms with Gasteiger partial charge in [-0.25, -0.2) is 38.4 Å². The molecule has 4 rings (SSSR count). The van der Waals surface area contributed by atoms with Crippen LogP contribution in [0.3, 0.4) is 0 Å². The summed E-state index contributed by atoms with van der Waals surface area (Å²) in [5.41, 5.74) is 2.62. The third-order valence-corrected chi connectivity index (χ3v) is 17.4. The third kappa shape index (κ3) is 25.2. The highest BCUT2D eigenvalue weighted by molar-refractivity contribution is 7.91. The normalized spacial score (nSPS) is 12.3. The number of nitrogens with one attached hydrogen (secondary N) is 1. The number of hydrogen-bond donors (Lipinski definition) is 1. The molecule has 0 bridgehead atoms. The van der Waals surface area contributed by atoms with Crippen molar-refractivity contribution in [1.82, 2.24) is 4.72 Å². The predicted molar refractivity (Wildman–Crippen MR) is 235 cm³/mol. The SMILES string of the molecule is CC(C)CS(=O)(=O)Cc1ccsc1.CC(C)CS(=O)(=O)Cc1csc(Cl)c1.CC(C)NS(=O)(=O)Cc1cccs1.Cc1cc(CS(=O)(=O)CC(C)C)cs1. The number of hydrogen-bond acceptors (Lipinski definition) is 12. The Morgan fingerprint density at radius 1 is 0.593 bits per heavy atom. The molecule has 1 N–H and O–H groups in total. The van der Waals surface area contributed by atoms with Crippen molar-refractivity contribution in [3.63, 3.8) is 0 Å². The smallest absolute Gasteiger partial charge is 0.216 e. The lowest BCUT2D eigenvalue weighted by Gasteiger charge is -2.07. The van der Waals surface area contributed by atoms with Crippen LogP contribution in [0.5, 0.6) is 0 Å².